The van der Waals surface area contributed by atoms with Crippen LogP contribution in [0.3, 0.4) is 0 Å². The summed E-state index contributed by atoms with van der Waals surface area (Å²) in [5, 5.41) is 38.4. The first-order valence-electron chi connectivity index (χ1n) is 10.6. The number of ether oxygens (including phenoxy) is 2. The SMILES string of the molecule is COC(=O)[C@H](NC(=O)[C@]1(O)C[C@@H](O)[C@H](O)[C@@H](NC(=O)Nc2ccc(OC(F)(F)F)cc2)C1)C(C)C. The molecular formula is C21H28F3N3O8. The molecule has 35 heavy (non-hydrogen) atoms. The van der Waals surface area contributed by atoms with E-state index in [2.05, 4.69) is 25.4 Å². The van der Waals surface area contributed by atoms with Crippen molar-refractivity contribution < 1.29 is 52.3 Å². The van der Waals surface area contributed by atoms with Crippen molar-refractivity contribution in [3.63, 3.8) is 0 Å². The summed E-state index contributed by atoms with van der Waals surface area (Å²) in [6.07, 6.45) is -9.09. The Kier molecular flexibility index (Phi) is 8.92. The van der Waals surface area contributed by atoms with Crippen LogP contribution in [0.4, 0.5) is 23.7 Å². The Morgan fingerprint density at radius 2 is 1.71 bits per heavy atom. The number of nitrogens with one attached hydrogen (secondary N) is 3. The van der Waals surface area contributed by atoms with E-state index in [1.807, 2.05) is 0 Å². The molecule has 0 aliphatic heterocycles. The van der Waals surface area contributed by atoms with Crippen molar-refractivity contribution in [2.75, 3.05) is 12.4 Å². The second-order valence-electron chi connectivity index (χ2n) is 8.49. The molecule has 0 aromatic heterocycles. The highest BCUT2D eigenvalue weighted by Crippen LogP contribution is 2.30. The average Bonchev–Trinajstić information content (AvgIpc) is 2.74. The van der Waals surface area contributed by atoms with Gasteiger partial charge < -0.3 is 40.7 Å². The largest absolute Gasteiger partial charge is 0.573 e. The number of carbonyl (C=O) groups excluding carboxylic acids is 3. The lowest BCUT2D eigenvalue weighted by molar-refractivity contribution is -0.274. The Labute approximate surface area is 198 Å². The quantitative estimate of drug-likeness (QED) is 0.293. The fraction of sp³-hybridized carbons (Fsp3) is 0.571. The van der Waals surface area contributed by atoms with E-state index in [0.717, 1.165) is 31.4 Å². The lowest BCUT2D eigenvalue weighted by Crippen LogP contribution is -2.64. The number of benzene rings is 1. The maximum absolute atomic E-state index is 12.8. The lowest BCUT2D eigenvalue weighted by Gasteiger charge is -2.42. The molecule has 2 rings (SSSR count). The molecule has 5 atom stereocenters. The molecule has 1 aliphatic carbocycles. The van der Waals surface area contributed by atoms with Crippen LogP contribution in [0, 0.1) is 5.92 Å². The number of amides is 3. The molecule has 0 bridgehead atoms. The van der Waals surface area contributed by atoms with Crippen molar-refractivity contribution in [3.8, 4) is 5.75 Å². The molecule has 1 fully saturated rings. The molecule has 196 valence electrons. The first-order valence-corrected chi connectivity index (χ1v) is 10.6. The maximum Gasteiger partial charge on any atom is 0.573 e. The third-order valence-corrected chi connectivity index (χ3v) is 5.40. The molecule has 11 nitrogen and oxygen atoms in total. The number of carbonyl (C=O) groups is 3. The van der Waals surface area contributed by atoms with E-state index in [-0.39, 0.29) is 11.6 Å². The predicted molar refractivity (Wildman–Crippen MR) is 114 cm³/mol. The van der Waals surface area contributed by atoms with Gasteiger partial charge in [0.1, 0.15) is 23.5 Å². The maximum atomic E-state index is 12.8. The van der Waals surface area contributed by atoms with Gasteiger partial charge in [0.15, 0.2) is 0 Å². The van der Waals surface area contributed by atoms with Crippen LogP contribution in [-0.2, 0) is 14.3 Å². The van der Waals surface area contributed by atoms with E-state index < -0.39 is 72.8 Å². The summed E-state index contributed by atoms with van der Waals surface area (Å²) in [5.41, 5.74) is -2.16. The summed E-state index contributed by atoms with van der Waals surface area (Å²) in [6.45, 7) is 3.28. The molecule has 0 radical (unpaired) electrons. The summed E-state index contributed by atoms with van der Waals surface area (Å²) in [5.74, 6) is -2.63. The van der Waals surface area contributed by atoms with Gasteiger partial charge in [0, 0.05) is 18.5 Å². The van der Waals surface area contributed by atoms with Gasteiger partial charge >= 0.3 is 18.4 Å². The van der Waals surface area contributed by atoms with E-state index >= 15 is 0 Å². The number of rotatable bonds is 7. The molecule has 1 saturated carbocycles. The molecule has 0 heterocycles. The number of aliphatic hydroxyl groups is 3. The average molecular weight is 507 g/mol. The Hall–Kier alpha value is -3.10. The summed E-state index contributed by atoms with van der Waals surface area (Å²) < 4.78 is 45.1. The van der Waals surface area contributed by atoms with Crippen LogP contribution in [-0.4, -0.2) is 76.6 Å². The number of hydrogen-bond donors (Lipinski definition) is 6. The zero-order valence-corrected chi connectivity index (χ0v) is 19.1. The zero-order valence-electron chi connectivity index (χ0n) is 19.1. The van der Waals surface area contributed by atoms with Crippen LogP contribution in [0.15, 0.2) is 24.3 Å². The molecule has 0 saturated heterocycles. The van der Waals surface area contributed by atoms with Crippen molar-refractivity contribution in [1.29, 1.82) is 0 Å². The molecule has 14 heteroatoms. The molecule has 1 aromatic carbocycles. The first kappa shape index (κ1) is 28.1. The summed E-state index contributed by atoms with van der Waals surface area (Å²) >= 11 is 0. The van der Waals surface area contributed by atoms with E-state index in [1.165, 1.54) is 0 Å². The number of esters is 1. The van der Waals surface area contributed by atoms with E-state index in [0.29, 0.717) is 0 Å². The number of anilines is 1. The number of alkyl halides is 3. The third-order valence-electron chi connectivity index (χ3n) is 5.40. The minimum absolute atomic E-state index is 0.0775. The monoisotopic (exact) mass is 507 g/mol. The molecular weight excluding hydrogens is 479 g/mol. The molecule has 1 aromatic rings. The van der Waals surface area contributed by atoms with Gasteiger partial charge in [0.05, 0.1) is 19.3 Å². The van der Waals surface area contributed by atoms with Crippen molar-refractivity contribution in [2.45, 2.75) is 62.9 Å². The van der Waals surface area contributed by atoms with Crippen LogP contribution in [0.2, 0.25) is 0 Å². The molecule has 3 amide bonds. The number of methoxy groups -OCH3 is 1. The Bertz CT molecular complexity index is 912. The number of halogens is 3. The second-order valence-corrected chi connectivity index (χ2v) is 8.49. The highest BCUT2D eigenvalue weighted by molar-refractivity contribution is 5.91. The lowest BCUT2D eigenvalue weighted by atomic mass is 9.77. The third kappa shape index (κ3) is 7.70. The van der Waals surface area contributed by atoms with Crippen molar-refractivity contribution >= 4 is 23.6 Å². The predicted octanol–water partition coefficient (Wildman–Crippen LogP) is 0.636. The van der Waals surface area contributed by atoms with Gasteiger partial charge in [-0.05, 0) is 30.2 Å². The van der Waals surface area contributed by atoms with Crippen molar-refractivity contribution in [1.82, 2.24) is 10.6 Å². The fourth-order valence-electron chi connectivity index (χ4n) is 3.60. The first-order chi connectivity index (χ1) is 16.1. The van der Waals surface area contributed by atoms with Crippen LogP contribution >= 0.6 is 0 Å². The highest BCUT2D eigenvalue weighted by Gasteiger charge is 2.50. The highest BCUT2D eigenvalue weighted by atomic mass is 19.4. The Balaban J connectivity index is 2.06. The molecule has 0 spiro atoms. The molecule has 1 aliphatic rings. The van der Waals surface area contributed by atoms with Crippen LogP contribution in [0.1, 0.15) is 26.7 Å². The van der Waals surface area contributed by atoms with Crippen LogP contribution in [0.5, 0.6) is 5.75 Å². The minimum atomic E-state index is -4.88. The van der Waals surface area contributed by atoms with E-state index in [4.69, 9.17) is 0 Å². The molecule has 6 N–H and O–H groups in total. The normalized spacial score (nSPS) is 25.4. The smallest absolute Gasteiger partial charge is 0.467 e. The number of aliphatic hydroxyl groups excluding tert-OH is 2. The summed E-state index contributed by atoms with van der Waals surface area (Å²) in [7, 11) is 1.13. The van der Waals surface area contributed by atoms with Gasteiger partial charge in [-0.2, -0.15) is 0 Å². The van der Waals surface area contributed by atoms with Gasteiger partial charge in [-0.3, -0.25) is 4.79 Å². The minimum Gasteiger partial charge on any atom is -0.467 e. The standard InChI is InChI=1S/C21H28F3N3O8/c1-10(2)15(17(30)34-3)27-18(31)20(33)8-13(16(29)14(28)9-20)26-19(32)25-11-4-6-12(7-5-11)35-21(22,23)24/h4-7,10,13-16,28-29,33H,8-9H2,1-3H3,(H,27,31)(H2,25,26,32)/t13-,14+,15+,16+,20+/m0/s1. The van der Waals surface area contributed by atoms with Gasteiger partial charge in [-0.25, -0.2) is 9.59 Å². The fourth-order valence-corrected chi connectivity index (χ4v) is 3.60. The second kappa shape index (κ2) is 11.1. The Morgan fingerprint density at radius 1 is 1.11 bits per heavy atom. The van der Waals surface area contributed by atoms with Crippen molar-refractivity contribution in [3.05, 3.63) is 24.3 Å². The summed E-state index contributed by atoms with van der Waals surface area (Å²) in [6, 6.07) is 0.906. The number of hydrogen-bond acceptors (Lipinski definition) is 8. The van der Waals surface area contributed by atoms with E-state index in [1.54, 1.807) is 13.8 Å². The number of urea groups is 1. The van der Waals surface area contributed by atoms with Gasteiger partial charge in [0.2, 0.25) is 0 Å². The van der Waals surface area contributed by atoms with Crippen LogP contribution < -0.4 is 20.7 Å². The Morgan fingerprint density at radius 3 is 2.23 bits per heavy atom. The van der Waals surface area contributed by atoms with E-state index in [9.17, 15) is 42.9 Å². The molecule has 0 unspecified atom stereocenters. The summed E-state index contributed by atoms with van der Waals surface area (Å²) in [4.78, 5) is 37.1. The zero-order chi connectivity index (χ0) is 26.6. The van der Waals surface area contributed by atoms with Crippen LogP contribution in [0.25, 0.3) is 0 Å². The van der Waals surface area contributed by atoms with Gasteiger partial charge in [-0.1, -0.05) is 13.8 Å². The van der Waals surface area contributed by atoms with Gasteiger partial charge in [-0.15, -0.1) is 13.2 Å². The topological polar surface area (TPSA) is 166 Å². The van der Waals surface area contributed by atoms with Gasteiger partial charge in [0.25, 0.3) is 5.91 Å². The van der Waals surface area contributed by atoms with Crippen molar-refractivity contribution in [2.24, 2.45) is 5.92 Å².